The number of hydrogen-bond donors (Lipinski definition) is 1. The Labute approximate surface area is 147 Å². The Morgan fingerprint density at radius 2 is 1.79 bits per heavy atom. The Kier molecular flexibility index (Phi) is 7.00. The molecule has 0 spiro atoms. The molecule has 1 amide bonds. The molecule has 128 valence electrons. The molecule has 4 nitrogen and oxygen atoms in total. The van der Waals surface area contributed by atoms with Gasteiger partial charge in [0.1, 0.15) is 11.5 Å². The third kappa shape index (κ3) is 5.20. The number of amides is 1. The standard InChI is InChI=1S/C19H23NO3S/c1-4-22-15-11-12-18(23-5-2)17(13-15)20-19(21)14(3)24-16-9-7-6-8-10-16/h6-14H,4-5H2,1-3H3,(H,20,21). The molecule has 0 fully saturated rings. The van der Waals surface area contributed by atoms with Crippen LogP contribution in [0.3, 0.4) is 0 Å². The van der Waals surface area contributed by atoms with Gasteiger partial charge in [-0.1, -0.05) is 18.2 Å². The first-order valence-electron chi connectivity index (χ1n) is 8.06. The minimum Gasteiger partial charge on any atom is -0.494 e. The maximum atomic E-state index is 12.5. The van der Waals surface area contributed by atoms with E-state index in [1.165, 1.54) is 11.8 Å². The van der Waals surface area contributed by atoms with Crippen molar-refractivity contribution in [2.75, 3.05) is 18.5 Å². The van der Waals surface area contributed by atoms with Gasteiger partial charge in [0.2, 0.25) is 5.91 Å². The van der Waals surface area contributed by atoms with Crippen LogP contribution in [-0.2, 0) is 4.79 Å². The van der Waals surface area contributed by atoms with E-state index < -0.39 is 0 Å². The van der Waals surface area contributed by atoms with Gasteiger partial charge in [-0.25, -0.2) is 0 Å². The summed E-state index contributed by atoms with van der Waals surface area (Å²) in [7, 11) is 0. The van der Waals surface area contributed by atoms with Crippen LogP contribution in [0.1, 0.15) is 20.8 Å². The van der Waals surface area contributed by atoms with Crippen molar-refractivity contribution in [3.8, 4) is 11.5 Å². The van der Waals surface area contributed by atoms with E-state index in [2.05, 4.69) is 5.32 Å². The first-order chi connectivity index (χ1) is 11.6. The van der Waals surface area contributed by atoms with Gasteiger partial charge in [-0.3, -0.25) is 4.79 Å². The van der Waals surface area contributed by atoms with Crippen molar-refractivity contribution in [2.45, 2.75) is 30.9 Å². The Morgan fingerprint density at radius 3 is 2.46 bits per heavy atom. The molecule has 0 aliphatic rings. The quantitative estimate of drug-likeness (QED) is 0.710. The Bertz CT molecular complexity index is 661. The van der Waals surface area contributed by atoms with Crippen LogP contribution in [0.4, 0.5) is 5.69 Å². The van der Waals surface area contributed by atoms with Gasteiger partial charge in [0.05, 0.1) is 24.2 Å². The number of hydrogen-bond acceptors (Lipinski definition) is 4. The lowest BCUT2D eigenvalue weighted by atomic mass is 10.2. The normalized spacial score (nSPS) is 11.6. The van der Waals surface area contributed by atoms with Crippen LogP contribution in [0.15, 0.2) is 53.4 Å². The zero-order chi connectivity index (χ0) is 17.4. The molecule has 1 unspecified atom stereocenters. The van der Waals surface area contributed by atoms with Gasteiger partial charge in [-0.2, -0.15) is 0 Å². The number of ether oxygens (including phenoxy) is 2. The fourth-order valence-corrected chi connectivity index (χ4v) is 3.02. The smallest absolute Gasteiger partial charge is 0.237 e. The number of thioether (sulfide) groups is 1. The van der Waals surface area contributed by atoms with Crippen LogP contribution in [0, 0.1) is 0 Å². The van der Waals surface area contributed by atoms with Crippen LogP contribution in [0.2, 0.25) is 0 Å². The summed E-state index contributed by atoms with van der Waals surface area (Å²) in [6.07, 6.45) is 0. The number of carbonyl (C=O) groups excluding carboxylic acids is 1. The van der Waals surface area contributed by atoms with Crippen LogP contribution in [0.5, 0.6) is 11.5 Å². The highest BCUT2D eigenvalue weighted by Crippen LogP contribution is 2.31. The van der Waals surface area contributed by atoms with Crippen LogP contribution in [-0.4, -0.2) is 24.4 Å². The molecule has 1 N–H and O–H groups in total. The molecule has 24 heavy (non-hydrogen) atoms. The second-order valence-electron chi connectivity index (χ2n) is 5.09. The molecule has 0 bridgehead atoms. The van der Waals surface area contributed by atoms with Crippen molar-refractivity contribution in [3.63, 3.8) is 0 Å². The van der Waals surface area contributed by atoms with Gasteiger partial charge < -0.3 is 14.8 Å². The SMILES string of the molecule is CCOc1ccc(OCC)c(NC(=O)C(C)Sc2ccccc2)c1. The van der Waals surface area contributed by atoms with E-state index in [1.807, 2.05) is 63.2 Å². The summed E-state index contributed by atoms with van der Waals surface area (Å²) in [6.45, 7) is 6.83. The largest absolute Gasteiger partial charge is 0.494 e. The third-order valence-corrected chi connectivity index (χ3v) is 4.36. The zero-order valence-electron chi connectivity index (χ0n) is 14.2. The summed E-state index contributed by atoms with van der Waals surface area (Å²) < 4.78 is 11.1. The Morgan fingerprint density at radius 1 is 1.08 bits per heavy atom. The summed E-state index contributed by atoms with van der Waals surface area (Å²) in [4.78, 5) is 13.6. The van der Waals surface area contributed by atoms with E-state index in [1.54, 1.807) is 6.07 Å². The highest BCUT2D eigenvalue weighted by Gasteiger charge is 2.17. The number of nitrogens with one attached hydrogen (secondary N) is 1. The molecule has 0 aromatic heterocycles. The molecule has 0 aliphatic heterocycles. The molecule has 2 rings (SSSR count). The van der Waals surface area contributed by atoms with Crippen LogP contribution >= 0.6 is 11.8 Å². The molecule has 0 saturated heterocycles. The van der Waals surface area contributed by atoms with Crippen molar-refractivity contribution in [1.82, 2.24) is 0 Å². The van der Waals surface area contributed by atoms with Crippen LogP contribution in [0.25, 0.3) is 0 Å². The van der Waals surface area contributed by atoms with Crippen molar-refractivity contribution in [1.29, 1.82) is 0 Å². The molecule has 5 heteroatoms. The van der Waals surface area contributed by atoms with E-state index in [0.717, 1.165) is 4.90 Å². The van der Waals surface area contributed by atoms with E-state index >= 15 is 0 Å². The summed E-state index contributed by atoms with van der Waals surface area (Å²) in [5.74, 6) is 1.28. The lowest BCUT2D eigenvalue weighted by Crippen LogP contribution is -2.22. The molecule has 0 aliphatic carbocycles. The van der Waals surface area contributed by atoms with E-state index in [0.29, 0.717) is 30.4 Å². The van der Waals surface area contributed by atoms with Crippen LogP contribution < -0.4 is 14.8 Å². The second kappa shape index (κ2) is 9.23. The van der Waals surface area contributed by atoms with Crippen molar-refractivity contribution in [3.05, 3.63) is 48.5 Å². The fraction of sp³-hybridized carbons (Fsp3) is 0.316. The molecule has 0 heterocycles. The average molecular weight is 345 g/mol. The van der Waals surface area contributed by atoms with E-state index in [-0.39, 0.29) is 11.2 Å². The van der Waals surface area contributed by atoms with Gasteiger partial charge in [0.25, 0.3) is 0 Å². The number of benzene rings is 2. The number of carbonyl (C=O) groups is 1. The lowest BCUT2D eigenvalue weighted by molar-refractivity contribution is -0.115. The minimum atomic E-state index is -0.224. The third-order valence-electron chi connectivity index (χ3n) is 3.25. The fourth-order valence-electron chi connectivity index (χ4n) is 2.14. The first-order valence-corrected chi connectivity index (χ1v) is 8.94. The molecule has 0 saturated carbocycles. The molecular formula is C19H23NO3S. The summed E-state index contributed by atoms with van der Waals surface area (Å²) in [5, 5.41) is 2.72. The van der Waals surface area contributed by atoms with Crippen molar-refractivity contribution >= 4 is 23.4 Å². The molecule has 1 atom stereocenters. The maximum Gasteiger partial charge on any atom is 0.237 e. The Balaban J connectivity index is 2.09. The lowest BCUT2D eigenvalue weighted by Gasteiger charge is -2.16. The van der Waals surface area contributed by atoms with Crippen molar-refractivity contribution in [2.24, 2.45) is 0 Å². The number of anilines is 1. The predicted octanol–water partition coefficient (Wildman–Crippen LogP) is 4.60. The molecule has 2 aromatic carbocycles. The van der Waals surface area contributed by atoms with Gasteiger partial charge in [0.15, 0.2) is 0 Å². The number of rotatable bonds is 8. The maximum absolute atomic E-state index is 12.5. The first kappa shape index (κ1) is 18.2. The summed E-state index contributed by atoms with van der Waals surface area (Å²) in [6, 6.07) is 15.3. The molecule has 0 radical (unpaired) electrons. The Hall–Kier alpha value is -2.14. The predicted molar refractivity (Wildman–Crippen MR) is 99.2 cm³/mol. The second-order valence-corrected chi connectivity index (χ2v) is 6.50. The van der Waals surface area contributed by atoms with E-state index in [4.69, 9.17) is 9.47 Å². The minimum absolute atomic E-state index is 0.0709. The average Bonchev–Trinajstić information content (AvgIpc) is 2.58. The van der Waals surface area contributed by atoms with Gasteiger partial charge in [-0.15, -0.1) is 11.8 Å². The van der Waals surface area contributed by atoms with Gasteiger partial charge in [0, 0.05) is 11.0 Å². The zero-order valence-corrected chi connectivity index (χ0v) is 15.1. The van der Waals surface area contributed by atoms with Gasteiger partial charge in [-0.05, 0) is 45.0 Å². The van der Waals surface area contributed by atoms with Gasteiger partial charge >= 0.3 is 0 Å². The monoisotopic (exact) mass is 345 g/mol. The summed E-state index contributed by atoms with van der Waals surface area (Å²) in [5.41, 5.74) is 0.633. The highest BCUT2D eigenvalue weighted by atomic mass is 32.2. The topological polar surface area (TPSA) is 47.6 Å². The van der Waals surface area contributed by atoms with Crippen molar-refractivity contribution < 1.29 is 14.3 Å². The molecular weight excluding hydrogens is 322 g/mol. The summed E-state index contributed by atoms with van der Waals surface area (Å²) >= 11 is 1.52. The molecule has 2 aromatic rings. The highest BCUT2D eigenvalue weighted by molar-refractivity contribution is 8.00. The van der Waals surface area contributed by atoms with E-state index in [9.17, 15) is 4.79 Å².